The molecule has 1 aromatic rings. The van der Waals surface area contributed by atoms with Crippen LogP contribution in [-0.2, 0) is 4.79 Å². The fourth-order valence-electron chi connectivity index (χ4n) is 2.18. The molecule has 3 unspecified atom stereocenters. The molecule has 98 valence electrons. The van der Waals surface area contributed by atoms with Crippen LogP contribution in [0.4, 0.5) is 4.39 Å². The Morgan fingerprint density at radius 2 is 2.17 bits per heavy atom. The van der Waals surface area contributed by atoms with Crippen molar-refractivity contribution in [2.75, 3.05) is 6.61 Å². The first-order valence-corrected chi connectivity index (χ1v) is 6.28. The van der Waals surface area contributed by atoms with Gasteiger partial charge in [0.15, 0.2) is 0 Å². The molecule has 0 spiro atoms. The smallest absolute Gasteiger partial charge is 0.223 e. The van der Waals surface area contributed by atoms with Crippen LogP contribution in [0.1, 0.15) is 31.2 Å². The summed E-state index contributed by atoms with van der Waals surface area (Å²) in [7, 11) is 0. The van der Waals surface area contributed by atoms with Crippen molar-refractivity contribution in [1.29, 1.82) is 0 Å². The fourth-order valence-corrected chi connectivity index (χ4v) is 2.18. The second kappa shape index (κ2) is 5.48. The van der Waals surface area contributed by atoms with Crippen LogP contribution in [-0.4, -0.2) is 23.7 Å². The van der Waals surface area contributed by atoms with Gasteiger partial charge >= 0.3 is 0 Å². The van der Waals surface area contributed by atoms with Crippen LogP contribution in [0.3, 0.4) is 0 Å². The van der Waals surface area contributed by atoms with Gasteiger partial charge in [-0.05, 0) is 43.4 Å². The lowest BCUT2D eigenvalue weighted by Crippen LogP contribution is -2.34. The number of aliphatic hydroxyl groups is 1. The van der Waals surface area contributed by atoms with Crippen molar-refractivity contribution in [3.63, 3.8) is 0 Å². The predicted octanol–water partition coefficient (Wildman–Crippen LogP) is 1.82. The number of rotatable bonds is 5. The van der Waals surface area contributed by atoms with Gasteiger partial charge in [-0.2, -0.15) is 0 Å². The number of nitrogens with one attached hydrogen (secondary N) is 1. The first-order chi connectivity index (χ1) is 8.61. The van der Waals surface area contributed by atoms with Crippen LogP contribution in [0, 0.1) is 11.7 Å². The largest absolute Gasteiger partial charge is 0.396 e. The van der Waals surface area contributed by atoms with Gasteiger partial charge in [0, 0.05) is 18.6 Å². The molecule has 1 fully saturated rings. The summed E-state index contributed by atoms with van der Waals surface area (Å²) in [4.78, 5) is 11.9. The minimum Gasteiger partial charge on any atom is -0.396 e. The summed E-state index contributed by atoms with van der Waals surface area (Å²) < 4.78 is 12.8. The molecule has 3 nitrogen and oxygen atoms in total. The number of benzene rings is 1. The van der Waals surface area contributed by atoms with E-state index in [0.717, 1.165) is 12.0 Å². The summed E-state index contributed by atoms with van der Waals surface area (Å²) in [6.45, 7) is 1.96. The molecule has 1 saturated carbocycles. The molecular weight excluding hydrogens is 233 g/mol. The Balaban J connectivity index is 1.87. The summed E-state index contributed by atoms with van der Waals surface area (Å²) in [5.74, 6) is -0.00854. The van der Waals surface area contributed by atoms with Crippen LogP contribution < -0.4 is 5.32 Å². The first-order valence-electron chi connectivity index (χ1n) is 6.28. The van der Waals surface area contributed by atoms with E-state index < -0.39 is 0 Å². The number of hydrogen-bond donors (Lipinski definition) is 2. The highest BCUT2D eigenvalue weighted by atomic mass is 19.1. The zero-order chi connectivity index (χ0) is 13.1. The van der Waals surface area contributed by atoms with E-state index in [1.165, 1.54) is 12.1 Å². The molecule has 1 amide bonds. The lowest BCUT2D eigenvalue weighted by molar-refractivity contribution is -0.123. The summed E-state index contributed by atoms with van der Waals surface area (Å²) in [6, 6.07) is 6.33. The Labute approximate surface area is 106 Å². The minimum absolute atomic E-state index is 0.00281. The van der Waals surface area contributed by atoms with E-state index >= 15 is 0 Å². The molecule has 1 aliphatic carbocycles. The van der Waals surface area contributed by atoms with Crippen molar-refractivity contribution in [3.05, 3.63) is 35.6 Å². The van der Waals surface area contributed by atoms with E-state index in [2.05, 4.69) is 5.32 Å². The molecule has 2 rings (SSSR count). The monoisotopic (exact) mass is 251 g/mol. The fraction of sp³-hybridized carbons (Fsp3) is 0.500. The molecule has 1 aromatic carbocycles. The van der Waals surface area contributed by atoms with Crippen molar-refractivity contribution in [3.8, 4) is 0 Å². The van der Waals surface area contributed by atoms with Gasteiger partial charge in [-0.15, -0.1) is 0 Å². The minimum atomic E-state index is -0.253. The molecule has 0 radical (unpaired) electrons. The van der Waals surface area contributed by atoms with Gasteiger partial charge in [-0.1, -0.05) is 12.1 Å². The lowest BCUT2D eigenvalue weighted by Gasteiger charge is -2.12. The Morgan fingerprint density at radius 3 is 2.78 bits per heavy atom. The maximum Gasteiger partial charge on any atom is 0.223 e. The van der Waals surface area contributed by atoms with E-state index in [9.17, 15) is 9.18 Å². The van der Waals surface area contributed by atoms with Crippen LogP contribution in [0.5, 0.6) is 0 Å². The van der Waals surface area contributed by atoms with Gasteiger partial charge in [0.05, 0.1) is 0 Å². The lowest BCUT2D eigenvalue weighted by atomic mass is 10.1. The zero-order valence-corrected chi connectivity index (χ0v) is 10.4. The average Bonchev–Trinajstić information content (AvgIpc) is 3.10. The second-order valence-electron chi connectivity index (χ2n) is 4.92. The normalized spacial score (nSPS) is 23.5. The summed E-state index contributed by atoms with van der Waals surface area (Å²) in [6.07, 6.45) is 1.39. The quantitative estimate of drug-likeness (QED) is 0.838. The Morgan fingerprint density at radius 1 is 1.50 bits per heavy atom. The second-order valence-corrected chi connectivity index (χ2v) is 4.92. The summed E-state index contributed by atoms with van der Waals surface area (Å²) in [5.41, 5.74) is 1.02. The van der Waals surface area contributed by atoms with Crippen LogP contribution in [0.2, 0.25) is 0 Å². The molecule has 0 aliphatic heterocycles. The number of carbonyl (C=O) groups excluding carboxylic acids is 1. The highest BCUT2D eigenvalue weighted by molar-refractivity contribution is 5.83. The molecule has 0 heterocycles. The molecule has 18 heavy (non-hydrogen) atoms. The first kappa shape index (κ1) is 13.0. The van der Waals surface area contributed by atoms with Crippen LogP contribution in [0.15, 0.2) is 24.3 Å². The van der Waals surface area contributed by atoms with E-state index in [-0.39, 0.29) is 36.2 Å². The Kier molecular flexibility index (Phi) is 3.97. The maximum atomic E-state index is 12.8. The van der Waals surface area contributed by atoms with Gasteiger partial charge in [0.1, 0.15) is 5.82 Å². The SMILES string of the molecule is CC(CCO)NC(=O)C1CC1c1ccc(F)cc1. The molecule has 3 atom stereocenters. The molecule has 0 aromatic heterocycles. The predicted molar refractivity (Wildman–Crippen MR) is 66.6 cm³/mol. The molecule has 4 heteroatoms. The van der Waals surface area contributed by atoms with Gasteiger partial charge < -0.3 is 10.4 Å². The van der Waals surface area contributed by atoms with Crippen molar-refractivity contribution < 1.29 is 14.3 Å². The maximum absolute atomic E-state index is 12.8. The van der Waals surface area contributed by atoms with E-state index in [4.69, 9.17) is 5.11 Å². The van der Waals surface area contributed by atoms with Crippen LogP contribution in [0.25, 0.3) is 0 Å². The van der Waals surface area contributed by atoms with Crippen molar-refractivity contribution >= 4 is 5.91 Å². The molecule has 2 N–H and O–H groups in total. The molecular formula is C14H18FNO2. The molecule has 0 bridgehead atoms. The third-order valence-corrected chi connectivity index (χ3v) is 3.38. The van der Waals surface area contributed by atoms with E-state index in [1.54, 1.807) is 12.1 Å². The van der Waals surface area contributed by atoms with Gasteiger partial charge in [-0.25, -0.2) is 4.39 Å². The van der Waals surface area contributed by atoms with E-state index in [0.29, 0.717) is 6.42 Å². The van der Waals surface area contributed by atoms with Crippen molar-refractivity contribution in [2.45, 2.75) is 31.7 Å². The van der Waals surface area contributed by atoms with E-state index in [1.807, 2.05) is 6.92 Å². The third-order valence-electron chi connectivity index (χ3n) is 3.38. The van der Waals surface area contributed by atoms with Gasteiger partial charge in [-0.3, -0.25) is 4.79 Å². The number of carbonyl (C=O) groups is 1. The van der Waals surface area contributed by atoms with Crippen molar-refractivity contribution in [1.82, 2.24) is 5.32 Å². The van der Waals surface area contributed by atoms with Gasteiger partial charge in [0.25, 0.3) is 0 Å². The Hall–Kier alpha value is -1.42. The Bertz CT molecular complexity index is 418. The number of halogens is 1. The standard InChI is InChI=1S/C14H18FNO2/c1-9(6-7-17)16-14(18)13-8-12(13)10-2-4-11(15)5-3-10/h2-5,9,12-13,17H,6-8H2,1H3,(H,16,18). The highest BCUT2D eigenvalue weighted by Gasteiger charge is 2.44. The van der Waals surface area contributed by atoms with Crippen LogP contribution >= 0.6 is 0 Å². The number of hydrogen-bond acceptors (Lipinski definition) is 2. The zero-order valence-electron chi connectivity index (χ0n) is 10.4. The third kappa shape index (κ3) is 3.07. The molecule has 1 aliphatic rings. The van der Waals surface area contributed by atoms with Crippen molar-refractivity contribution in [2.24, 2.45) is 5.92 Å². The molecule has 0 saturated heterocycles. The average molecular weight is 251 g/mol. The number of amides is 1. The summed E-state index contributed by atoms with van der Waals surface area (Å²) in [5, 5.41) is 11.7. The topological polar surface area (TPSA) is 49.3 Å². The highest BCUT2D eigenvalue weighted by Crippen LogP contribution is 2.47. The van der Waals surface area contributed by atoms with Gasteiger partial charge in [0.2, 0.25) is 5.91 Å². The summed E-state index contributed by atoms with van der Waals surface area (Å²) >= 11 is 0. The number of aliphatic hydroxyl groups excluding tert-OH is 1.